The molecule has 2 aromatic carbocycles. The zero-order valence-electron chi connectivity index (χ0n) is 11.3. The summed E-state index contributed by atoms with van der Waals surface area (Å²) in [5.74, 6) is -0.386. The van der Waals surface area contributed by atoms with Crippen LogP contribution in [0, 0.1) is 0 Å². The van der Waals surface area contributed by atoms with Crippen LogP contribution in [0.3, 0.4) is 0 Å². The van der Waals surface area contributed by atoms with E-state index in [1.807, 2.05) is 0 Å². The third kappa shape index (κ3) is 3.84. The highest BCUT2D eigenvalue weighted by atomic mass is 35.5. The molecule has 0 unspecified atom stereocenters. The van der Waals surface area contributed by atoms with Gasteiger partial charge in [0.2, 0.25) is 0 Å². The van der Waals surface area contributed by atoms with Gasteiger partial charge in [0.25, 0.3) is 5.91 Å². The monoisotopic (exact) mass is 321 g/mol. The van der Waals surface area contributed by atoms with Crippen molar-refractivity contribution in [2.24, 2.45) is 0 Å². The van der Waals surface area contributed by atoms with Gasteiger partial charge in [-0.15, -0.1) is 0 Å². The maximum Gasteiger partial charge on any atom is 0.255 e. The summed E-state index contributed by atoms with van der Waals surface area (Å²) >= 11 is 11.7. The third-order valence-electron chi connectivity index (χ3n) is 2.96. The van der Waals surface area contributed by atoms with Crippen LogP contribution in [0.15, 0.2) is 42.5 Å². The van der Waals surface area contributed by atoms with Crippen LogP contribution in [0.1, 0.15) is 34.1 Å². The summed E-state index contributed by atoms with van der Waals surface area (Å²) in [7, 11) is 0. The molecule has 5 heteroatoms. The molecule has 0 bridgehead atoms. The van der Waals surface area contributed by atoms with Gasteiger partial charge in [0.15, 0.2) is 5.78 Å². The summed E-state index contributed by atoms with van der Waals surface area (Å²) in [5, 5.41) is 3.74. The van der Waals surface area contributed by atoms with Crippen molar-refractivity contribution in [3.05, 3.63) is 63.6 Å². The number of Topliss-reactive ketones (excluding diaryl/α,β-unsaturated/α-hetero) is 1. The molecule has 0 aliphatic rings. The van der Waals surface area contributed by atoms with Crippen molar-refractivity contribution in [3.8, 4) is 0 Å². The molecule has 21 heavy (non-hydrogen) atoms. The highest BCUT2D eigenvalue weighted by molar-refractivity contribution is 6.31. The van der Waals surface area contributed by atoms with Crippen LogP contribution in [0.2, 0.25) is 10.0 Å². The second kappa shape index (κ2) is 6.74. The van der Waals surface area contributed by atoms with Crippen molar-refractivity contribution >= 4 is 40.6 Å². The molecule has 1 N–H and O–H groups in total. The number of hydrogen-bond acceptors (Lipinski definition) is 2. The molecule has 0 radical (unpaired) electrons. The predicted octanol–water partition coefficient (Wildman–Crippen LogP) is 4.84. The second-order valence-corrected chi connectivity index (χ2v) is 5.30. The van der Waals surface area contributed by atoms with E-state index in [4.69, 9.17) is 23.2 Å². The molecule has 0 saturated carbocycles. The van der Waals surface area contributed by atoms with E-state index in [0.29, 0.717) is 33.3 Å². The van der Waals surface area contributed by atoms with Gasteiger partial charge in [0, 0.05) is 27.6 Å². The van der Waals surface area contributed by atoms with Gasteiger partial charge in [-0.2, -0.15) is 0 Å². The molecule has 108 valence electrons. The van der Waals surface area contributed by atoms with Gasteiger partial charge in [-0.3, -0.25) is 9.59 Å². The van der Waals surface area contributed by atoms with Crippen molar-refractivity contribution < 1.29 is 9.59 Å². The van der Waals surface area contributed by atoms with E-state index in [0.717, 1.165) is 0 Å². The van der Waals surface area contributed by atoms with Gasteiger partial charge < -0.3 is 5.32 Å². The van der Waals surface area contributed by atoms with Crippen molar-refractivity contribution in [2.45, 2.75) is 13.3 Å². The lowest BCUT2D eigenvalue weighted by atomic mass is 10.1. The highest BCUT2D eigenvalue weighted by Crippen LogP contribution is 2.23. The first-order chi connectivity index (χ1) is 10.0. The number of benzene rings is 2. The number of anilines is 1. The van der Waals surface area contributed by atoms with Crippen LogP contribution in [-0.4, -0.2) is 11.7 Å². The Balaban J connectivity index is 2.28. The molecular formula is C16H13Cl2NO2. The van der Waals surface area contributed by atoms with Crippen molar-refractivity contribution in [3.63, 3.8) is 0 Å². The smallest absolute Gasteiger partial charge is 0.255 e. The normalized spacial score (nSPS) is 10.2. The fraction of sp³-hybridized carbons (Fsp3) is 0.125. The van der Waals surface area contributed by atoms with Gasteiger partial charge in [0.05, 0.1) is 5.69 Å². The lowest BCUT2D eigenvalue weighted by molar-refractivity contribution is 0.0989. The standard InChI is InChI=1S/C16H13Cl2NO2/c1-2-15(20)13-9-12(18)7-8-14(13)19-16(21)10-3-5-11(17)6-4-10/h3-9H,2H2,1H3,(H,19,21). The van der Waals surface area contributed by atoms with Crippen molar-refractivity contribution in [1.29, 1.82) is 0 Å². The maximum absolute atomic E-state index is 12.2. The minimum atomic E-state index is -0.306. The van der Waals surface area contributed by atoms with Crippen LogP contribution in [0.4, 0.5) is 5.69 Å². The Morgan fingerprint density at radius 3 is 2.24 bits per heavy atom. The number of halogens is 2. The molecular weight excluding hydrogens is 309 g/mol. The van der Waals surface area contributed by atoms with Crippen LogP contribution in [0.5, 0.6) is 0 Å². The molecule has 0 heterocycles. The van der Waals surface area contributed by atoms with E-state index in [2.05, 4.69) is 5.32 Å². The third-order valence-corrected chi connectivity index (χ3v) is 3.44. The topological polar surface area (TPSA) is 46.2 Å². The Kier molecular flexibility index (Phi) is 4.99. The number of rotatable bonds is 4. The number of hydrogen-bond donors (Lipinski definition) is 1. The Labute approximate surface area is 132 Å². The van der Waals surface area contributed by atoms with E-state index >= 15 is 0 Å². The van der Waals surface area contributed by atoms with Crippen LogP contribution in [-0.2, 0) is 0 Å². The molecule has 0 aromatic heterocycles. The molecule has 2 rings (SSSR count). The van der Waals surface area contributed by atoms with Gasteiger partial charge in [-0.25, -0.2) is 0 Å². The predicted molar refractivity (Wildman–Crippen MR) is 85.5 cm³/mol. The Morgan fingerprint density at radius 1 is 1.00 bits per heavy atom. The molecule has 3 nitrogen and oxygen atoms in total. The van der Waals surface area contributed by atoms with Gasteiger partial charge in [-0.1, -0.05) is 30.1 Å². The second-order valence-electron chi connectivity index (χ2n) is 4.43. The van der Waals surface area contributed by atoms with Crippen LogP contribution in [0.25, 0.3) is 0 Å². The number of amides is 1. The summed E-state index contributed by atoms with van der Waals surface area (Å²) in [6, 6.07) is 11.3. The minimum absolute atomic E-state index is 0.0797. The fourth-order valence-corrected chi connectivity index (χ4v) is 2.14. The zero-order chi connectivity index (χ0) is 15.4. The number of carbonyl (C=O) groups excluding carboxylic acids is 2. The van der Waals surface area contributed by atoms with E-state index in [9.17, 15) is 9.59 Å². The summed E-state index contributed by atoms with van der Waals surface area (Å²) in [6.45, 7) is 1.76. The minimum Gasteiger partial charge on any atom is -0.321 e. The number of carbonyl (C=O) groups is 2. The van der Waals surface area contributed by atoms with E-state index in [1.165, 1.54) is 0 Å². The summed E-state index contributed by atoms with van der Waals surface area (Å²) < 4.78 is 0. The Bertz CT molecular complexity index is 681. The van der Waals surface area contributed by atoms with E-state index in [-0.39, 0.29) is 11.7 Å². The summed E-state index contributed by atoms with van der Waals surface area (Å²) in [6.07, 6.45) is 0.337. The molecule has 0 spiro atoms. The average Bonchev–Trinajstić information content (AvgIpc) is 2.48. The fourth-order valence-electron chi connectivity index (χ4n) is 1.84. The first-order valence-electron chi connectivity index (χ1n) is 6.41. The number of ketones is 1. The average molecular weight is 322 g/mol. The first kappa shape index (κ1) is 15.5. The van der Waals surface area contributed by atoms with Gasteiger partial charge in [-0.05, 0) is 42.5 Å². The Hall–Kier alpha value is -1.84. The first-order valence-corrected chi connectivity index (χ1v) is 7.16. The molecule has 0 atom stereocenters. The SMILES string of the molecule is CCC(=O)c1cc(Cl)ccc1NC(=O)c1ccc(Cl)cc1. The lowest BCUT2D eigenvalue weighted by Crippen LogP contribution is -2.14. The van der Waals surface area contributed by atoms with Crippen molar-refractivity contribution in [2.75, 3.05) is 5.32 Å². The quantitative estimate of drug-likeness (QED) is 0.819. The molecule has 0 aliphatic heterocycles. The van der Waals surface area contributed by atoms with Gasteiger partial charge in [0.1, 0.15) is 0 Å². The largest absolute Gasteiger partial charge is 0.321 e. The Morgan fingerprint density at radius 2 is 1.62 bits per heavy atom. The van der Waals surface area contributed by atoms with Crippen LogP contribution >= 0.6 is 23.2 Å². The summed E-state index contributed by atoms with van der Waals surface area (Å²) in [4.78, 5) is 24.1. The summed E-state index contributed by atoms with van der Waals surface area (Å²) in [5.41, 5.74) is 1.32. The number of nitrogens with one attached hydrogen (secondary N) is 1. The maximum atomic E-state index is 12.2. The molecule has 0 aliphatic carbocycles. The molecule has 1 amide bonds. The van der Waals surface area contributed by atoms with Crippen molar-refractivity contribution in [1.82, 2.24) is 0 Å². The molecule has 0 saturated heterocycles. The molecule has 0 fully saturated rings. The van der Waals surface area contributed by atoms with E-state index in [1.54, 1.807) is 49.4 Å². The van der Waals surface area contributed by atoms with E-state index < -0.39 is 0 Å². The zero-order valence-corrected chi connectivity index (χ0v) is 12.8. The van der Waals surface area contributed by atoms with Gasteiger partial charge >= 0.3 is 0 Å². The highest BCUT2D eigenvalue weighted by Gasteiger charge is 2.13. The lowest BCUT2D eigenvalue weighted by Gasteiger charge is -2.10. The molecule has 2 aromatic rings. The van der Waals surface area contributed by atoms with Crippen LogP contribution < -0.4 is 5.32 Å².